The van der Waals surface area contributed by atoms with Crippen molar-refractivity contribution < 1.29 is 0 Å². The van der Waals surface area contributed by atoms with Gasteiger partial charge in [0.1, 0.15) is 11.6 Å². The molecule has 4 nitrogen and oxygen atoms in total. The molecule has 0 unspecified atom stereocenters. The Kier molecular flexibility index (Phi) is 4.34. The van der Waals surface area contributed by atoms with E-state index >= 15 is 0 Å². The fraction of sp³-hybridized carbons (Fsp3) is 0.438. The number of rotatable bonds is 3. The Balaban J connectivity index is 1.85. The Hall–Kier alpha value is -1.68. The van der Waals surface area contributed by atoms with E-state index in [4.69, 9.17) is 17.3 Å². The monoisotopic (exact) mass is 302 g/mol. The van der Waals surface area contributed by atoms with E-state index in [1.165, 1.54) is 19.3 Å². The number of hydrogen-bond acceptors (Lipinski definition) is 4. The van der Waals surface area contributed by atoms with Gasteiger partial charge in [0.05, 0.1) is 0 Å². The van der Waals surface area contributed by atoms with Crippen molar-refractivity contribution in [3.8, 4) is 0 Å². The number of halogens is 1. The summed E-state index contributed by atoms with van der Waals surface area (Å²) in [4.78, 5) is 13.2. The normalized spacial score (nSPS) is 16.0. The summed E-state index contributed by atoms with van der Waals surface area (Å²) in [5.41, 5.74) is 6.88. The van der Waals surface area contributed by atoms with Crippen LogP contribution >= 0.6 is 11.6 Å². The second-order valence-corrected chi connectivity index (χ2v) is 5.98. The van der Waals surface area contributed by atoms with Crippen LogP contribution in [0, 0.1) is 0 Å². The molecule has 21 heavy (non-hydrogen) atoms. The van der Waals surface area contributed by atoms with Crippen LogP contribution in [0.2, 0.25) is 5.02 Å². The lowest BCUT2D eigenvalue weighted by atomic mass is 9.89. The topological polar surface area (TPSA) is 64.7 Å². The van der Waals surface area contributed by atoms with Crippen molar-refractivity contribution in [1.82, 2.24) is 15.0 Å². The van der Waals surface area contributed by atoms with E-state index in [1.54, 1.807) is 0 Å². The highest BCUT2D eigenvalue weighted by Gasteiger charge is 2.19. The Labute approximate surface area is 129 Å². The lowest BCUT2D eigenvalue weighted by molar-refractivity contribution is 0.427. The van der Waals surface area contributed by atoms with E-state index in [-0.39, 0.29) is 0 Å². The molecule has 0 amide bonds. The third-order valence-electron chi connectivity index (χ3n) is 3.99. The van der Waals surface area contributed by atoms with Crippen LogP contribution < -0.4 is 5.73 Å². The second kappa shape index (κ2) is 6.39. The van der Waals surface area contributed by atoms with Gasteiger partial charge in [-0.05, 0) is 24.5 Å². The summed E-state index contributed by atoms with van der Waals surface area (Å²) in [7, 11) is 0. The molecule has 1 aliphatic carbocycles. The maximum Gasteiger partial charge on any atom is 0.223 e. The molecule has 0 spiro atoms. The van der Waals surface area contributed by atoms with Gasteiger partial charge in [-0.2, -0.15) is 9.97 Å². The number of benzene rings is 1. The molecule has 0 bridgehead atoms. The van der Waals surface area contributed by atoms with Crippen molar-refractivity contribution in [2.75, 3.05) is 5.73 Å². The highest BCUT2D eigenvalue weighted by Crippen LogP contribution is 2.31. The van der Waals surface area contributed by atoms with Crippen molar-refractivity contribution in [2.45, 2.75) is 44.4 Å². The molecule has 1 aromatic heterocycles. The van der Waals surface area contributed by atoms with Gasteiger partial charge in [-0.25, -0.2) is 4.98 Å². The Morgan fingerprint density at radius 3 is 2.57 bits per heavy atom. The molecule has 0 radical (unpaired) electrons. The molecule has 1 fully saturated rings. The zero-order valence-corrected chi connectivity index (χ0v) is 12.7. The van der Waals surface area contributed by atoms with Crippen LogP contribution in [0.5, 0.6) is 0 Å². The van der Waals surface area contributed by atoms with Gasteiger partial charge in [0, 0.05) is 17.4 Å². The number of anilines is 1. The van der Waals surface area contributed by atoms with Crippen LogP contribution in [0.4, 0.5) is 5.95 Å². The molecule has 3 rings (SSSR count). The van der Waals surface area contributed by atoms with Gasteiger partial charge < -0.3 is 5.73 Å². The number of nitrogens with two attached hydrogens (primary N) is 1. The lowest BCUT2D eigenvalue weighted by Crippen LogP contribution is -2.13. The van der Waals surface area contributed by atoms with Gasteiger partial charge in [-0.1, -0.05) is 49.1 Å². The van der Waals surface area contributed by atoms with Crippen LogP contribution in [0.1, 0.15) is 55.2 Å². The molecule has 1 heterocycles. The molecule has 0 atom stereocenters. The van der Waals surface area contributed by atoms with Crippen molar-refractivity contribution >= 4 is 17.5 Å². The number of nitrogens with zero attached hydrogens (tertiary/aromatic N) is 3. The summed E-state index contributed by atoms with van der Waals surface area (Å²) in [6.45, 7) is 0. The predicted molar refractivity (Wildman–Crippen MR) is 84.3 cm³/mol. The molecule has 110 valence electrons. The summed E-state index contributed by atoms with van der Waals surface area (Å²) >= 11 is 6.20. The van der Waals surface area contributed by atoms with E-state index in [2.05, 4.69) is 15.0 Å². The minimum absolute atomic E-state index is 0.313. The second-order valence-electron chi connectivity index (χ2n) is 5.57. The van der Waals surface area contributed by atoms with E-state index in [0.717, 1.165) is 29.3 Å². The molecule has 0 aliphatic heterocycles. The molecule has 1 aromatic carbocycles. The molecule has 2 N–H and O–H groups in total. The summed E-state index contributed by atoms with van der Waals surface area (Å²) in [5.74, 6) is 2.29. The molecular weight excluding hydrogens is 284 g/mol. The van der Waals surface area contributed by atoms with E-state index < -0.39 is 0 Å². The van der Waals surface area contributed by atoms with E-state index in [0.29, 0.717) is 24.1 Å². The van der Waals surface area contributed by atoms with Gasteiger partial charge >= 0.3 is 0 Å². The standard InChI is InChI=1S/C16H19ClN4/c17-13-9-5-4-8-12(13)10-14-19-15(21-16(18)20-14)11-6-2-1-3-7-11/h4-5,8-9,11H,1-3,6-7,10H2,(H2,18,19,20,21). The SMILES string of the molecule is Nc1nc(Cc2ccccc2Cl)nc(C2CCCCC2)n1. The molecule has 0 saturated heterocycles. The van der Waals surface area contributed by atoms with Crippen molar-refractivity contribution in [2.24, 2.45) is 0 Å². The van der Waals surface area contributed by atoms with Crippen LogP contribution in [0.15, 0.2) is 24.3 Å². The van der Waals surface area contributed by atoms with Crippen LogP contribution in [0.25, 0.3) is 0 Å². The molecule has 2 aromatic rings. The lowest BCUT2D eigenvalue weighted by Gasteiger charge is -2.20. The Bertz CT molecular complexity index is 623. The van der Waals surface area contributed by atoms with E-state index in [1.807, 2.05) is 24.3 Å². The van der Waals surface area contributed by atoms with E-state index in [9.17, 15) is 0 Å². The largest absolute Gasteiger partial charge is 0.368 e. The van der Waals surface area contributed by atoms with Gasteiger partial charge in [0.2, 0.25) is 5.95 Å². The number of aromatic nitrogens is 3. The summed E-state index contributed by atoms with van der Waals surface area (Å²) in [5, 5.41) is 0.732. The van der Waals surface area contributed by atoms with Crippen molar-refractivity contribution in [3.05, 3.63) is 46.5 Å². The first-order valence-electron chi connectivity index (χ1n) is 7.46. The molecule has 1 saturated carbocycles. The Morgan fingerprint density at radius 2 is 1.81 bits per heavy atom. The molecular formula is C16H19ClN4. The summed E-state index contributed by atoms with van der Waals surface area (Å²) < 4.78 is 0. The zero-order chi connectivity index (χ0) is 14.7. The first-order chi connectivity index (χ1) is 10.2. The Morgan fingerprint density at radius 1 is 1.05 bits per heavy atom. The van der Waals surface area contributed by atoms with Crippen LogP contribution in [-0.2, 0) is 6.42 Å². The first kappa shape index (κ1) is 14.3. The van der Waals surface area contributed by atoms with Gasteiger partial charge in [-0.3, -0.25) is 0 Å². The van der Waals surface area contributed by atoms with Gasteiger partial charge in [-0.15, -0.1) is 0 Å². The maximum atomic E-state index is 6.20. The third-order valence-corrected chi connectivity index (χ3v) is 4.36. The van der Waals surface area contributed by atoms with Gasteiger partial charge in [0.15, 0.2) is 0 Å². The van der Waals surface area contributed by atoms with Crippen LogP contribution in [0.3, 0.4) is 0 Å². The average molecular weight is 303 g/mol. The smallest absolute Gasteiger partial charge is 0.223 e. The average Bonchev–Trinajstić information content (AvgIpc) is 2.50. The first-order valence-corrected chi connectivity index (χ1v) is 7.84. The number of hydrogen-bond donors (Lipinski definition) is 1. The fourth-order valence-corrected chi connectivity index (χ4v) is 3.09. The van der Waals surface area contributed by atoms with Gasteiger partial charge in [0.25, 0.3) is 0 Å². The highest BCUT2D eigenvalue weighted by atomic mass is 35.5. The quantitative estimate of drug-likeness (QED) is 0.938. The fourth-order valence-electron chi connectivity index (χ4n) is 2.89. The zero-order valence-electron chi connectivity index (χ0n) is 11.9. The molecule has 5 heteroatoms. The minimum Gasteiger partial charge on any atom is -0.368 e. The molecule has 1 aliphatic rings. The number of nitrogen functional groups attached to an aromatic ring is 1. The maximum absolute atomic E-state index is 6.20. The predicted octanol–water partition coefficient (Wildman–Crippen LogP) is 3.75. The summed E-state index contributed by atoms with van der Waals surface area (Å²) in [6, 6.07) is 7.75. The third kappa shape index (κ3) is 3.50. The summed E-state index contributed by atoms with van der Waals surface area (Å²) in [6.07, 6.45) is 6.69. The van der Waals surface area contributed by atoms with Crippen LogP contribution in [-0.4, -0.2) is 15.0 Å². The van der Waals surface area contributed by atoms with Crippen molar-refractivity contribution in [1.29, 1.82) is 0 Å². The minimum atomic E-state index is 0.313. The van der Waals surface area contributed by atoms with Crippen molar-refractivity contribution in [3.63, 3.8) is 0 Å². The highest BCUT2D eigenvalue weighted by molar-refractivity contribution is 6.31.